The summed E-state index contributed by atoms with van der Waals surface area (Å²) in [4.78, 5) is 22.0. The maximum absolute atomic E-state index is 11.6. The highest BCUT2D eigenvalue weighted by molar-refractivity contribution is 5.98. The summed E-state index contributed by atoms with van der Waals surface area (Å²) in [5, 5.41) is 8.51. The highest BCUT2D eigenvalue weighted by Gasteiger charge is 2.33. The molecule has 4 heteroatoms. The summed E-state index contributed by atoms with van der Waals surface area (Å²) in [6.07, 6.45) is 1.85. The minimum atomic E-state index is -1.02. The van der Waals surface area contributed by atoms with Gasteiger partial charge < -0.3 is 5.11 Å². The number of carboxylic acid groups (broad SMARTS) is 1. The van der Waals surface area contributed by atoms with Gasteiger partial charge in [-0.15, -0.1) is 0 Å². The normalized spacial score (nSPS) is 10.5. The number of carbonyl (C=O) groups is 2. The maximum Gasteiger partial charge on any atom is 0.310 e. The number of carbonyl (C=O) groups excluding carboxylic acids is 1. The van der Waals surface area contributed by atoms with Crippen LogP contribution in [0.3, 0.4) is 0 Å². The lowest BCUT2D eigenvalue weighted by atomic mass is 9.75. The third kappa shape index (κ3) is 3.81. The molecule has 1 N–H and O–H groups in total. The molecule has 0 atom stereocenters. The van der Waals surface area contributed by atoms with Crippen LogP contribution < -0.4 is 0 Å². The molecule has 3 nitrogen and oxygen atoms in total. The van der Waals surface area contributed by atoms with Crippen molar-refractivity contribution in [1.29, 1.82) is 0 Å². The van der Waals surface area contributed by atoms with Crippen molar-refractivity contribution in [2.45, 2.75) is 46.5 Å². The van der Waals surface area contributed by atoms with Gasteiger partial charge in [0.1, 0.15) is 12.2 Å². The Kier molecular flexibility index (Phi) is 8.09. The summed E-state index contributed by atoms with van der Waals surface area (Å²) in [5.41, 5.74) is -0.404. The zero-order valence-corrected chi connectivity index (χ0v) is 8.59. The summed E-state index contributed by atoms with van der Waals surface area (Å²) in [6.45, 7) is 5.81. The molecule has 0 saturated carbocycles. The van der Waals surface area contributed by atoms with Crippen LogP contribution in [-0.4, -0.2) is 34.2 Å². The van der Waals surface area contributed by atoms with E-state index in [2.05, 4.69) is 0 Å². The molecule has 0 aliphatic heterocycles. The van der Waals surface area contributed by atoms with E-state index in [4.69, 9.17) is 5.11 Å². The second-order valence-corrected chi connectivity index (χ2v) is 3.33. The average Bonchev–Trinajstić information content (AvgIpc) is 2.07. The lowest BCUT2D eigenvalue weighted by molar-refractivity contribution is -0.143. The molecule has 0 unspecified atom stereocenters. The van der Waals surface area contributed by atoms with Crippen LogP contribution in [0, 0.1) is 5.41 Å². The second-order valence-electron chi connectivity index (χ2n) is 3.33. The molecule has 82 valence electrons. The van der Waals surface area contributed by atoms with Crippen molar-refractivity contribution in [3.05, 3.63) is 0 Å². The van der Waals surface area contributed by atoms with E-state index in [9.17, 15) is 9.59 Å². The zero-order valence-electron chi connectivity index (χ0n) is 8.59. The molecular formula is C10H21AlO3. The molecule has 0 aromatic carbocycles. The van der Waals surface area contributed by atoms with Gasteiger partial charge in [-0.25, -0.2) is 0 Å². The van der Waals surface area contributed by atoms with E-state index in [-0.39, 0.29) is 29.6 Å². The van der Waals surface area contributed by atoms with Gasteiger partial charge in [0.05, 0.1) is 0 Å². The minimum absolute atomic E-state index is 0. The Morgan fingerprint density at radius 2 is 1.43 bits per heavy atom. The van der Waals surface area contributed by atoms with Crippen molar-refractivity contribution in [2.24, 2.45) is 5.41 Å². The Bertz CT molecular complexity index is 189. The maximum atomic E-state index is 11.6. The SMILES string of the molecule is CCC(CC)(CC)C(=O)CC(=O)O.[AlH3]. The molecule has 0 radical (unpaired) electrons. The molecule has 0 saturated heterocycles. The van der Waals surface area contributed by atoms with E-state index in [1.54, 1.807) is 0 Å². The number of rotatable bonds is 6. The third-order valence-electron chi connectivity index (χ3n) is 2.93. The van der Waals surface area contributed by atoms with Gasteiger partial charge in [0.15, 0.2) is 17.4 Å². The number of hydrogen-bond donors (Lipinski definition) is 1. The molecule has 14 heavy (non-hydrogen) atoms. The van der Waals surface area contributed by atoms with Crippen LogP contribution in [0.4, 0.5) is 0 Å². The Morgan fingerprint density at radius 3 is 1.64 bits per heavy atom. The van der Waals surface area contributed by atoms with E-state index >= 15 is 0 Å². The molecule has 0 aromatic heterocycles. The Morgan fingerprint density at radius 1 is 1.07 bits per heavy atom. The Labute approximate surface area is 96.0 Å². The molecule has 0 rings (SSSR count). The summed E-state index contributed by atoms with van der Waals surface area (Å²) in [5.74, 6) is -1.16. The van der Waals surface area contributed by atoms with Crippen molar-refractivity contribution in [2.75, 3.05) is 0 Å². The standard InChI is InChI=1S/C10H18O3.Al.3H/c1-4-10(5-2,6-3)8(11)7-9(12)13;;;;/h4-7H2,1-3H3,(H,12,13);;;;. The fourth-order valence-electron chi connectivity index (χ4n) is 1.67. The van der Waals surface area contributed by atoms with Crippen LogP contribution in [0.25, 0.3) is 0 Å². The number of aliphatic carboxylic acids is 1. The second kappa shape index (κ2) is 7.03. The number of carboxylic acids is 1. The average molecular weight is 216 g/mol. The van der Waals surface area contributed by atoms with Crippen molar-refractivity contribution < 1.29 is 14.7 Å². The predicted molar refractivity (Wildman–Crippen MR) is 60.5 cm³/mol. The van der Waals surface area contributed by atoms with E-state index in [1.165, 1.54) is 0 Å². The first-order valence-corrected chi connectivity index (χ1v) is 4.77. The van der Waals surface area contributed by atoms with Crippen molar-refractivity contribution in [1.82, 2.24) is 0 Å². The van der Waals surface area contributed by atoms with E-state index < -0.39 is 11.4 Å². The van der Waals surface area contributed by atoms with Gasteiger partial charge in [0.2, 0.25) is 0 Å². The van der Waals surface area contributed by atoms with Gasteiger partial charge in [-0.1, -0.05) is 20.8 Å². The Balaban J connectivity index is 0. The summed E-state index contributed by atoms with van der Waals surface area (Å²) in [6, 6.07) is 0. The van der Waals surface area contributed by atoms with E-state index in [0.717, 1.165) is 19.3 Å². The van der Waals surface area contributed by atoms with Crippen LogP contribution >= 0.6 is 0 Å². The van der Waals surface area contributed by atoms with Gasteiger partial charge >= 0.3 is 5.97 Å². The predicted octanol–water partition coefficient (Wildman–Crippen LogP) is 1.06. The molecule has 0 aromatic rings. The van der Waals surface area contributed by atoms with Crippen LogP contribution in [0.15, 0.2) is 0 Å². The molecule has 0 spiro atoms. The van der Waals surface area contributed by atoms with Crippen LogP contribution in [-0.2, 0) is 9.59 Å². The smallest absolute Gasteiger partial charge is 0.310 e. The fraction of sp³-hybridized carbons (Fsp3) is 0.800. The molecule has 0 aliphatic rings. The van der Waals surface area contributed by atoms with Crippen molar-refractivity contribution in [3.63, 3.8) is 0 Å². The highest BCUT2D eigenvalue weighted by Crippen LogP contribution is 2.32. The minimum Gasteiger partial charge on any atom is -0.481 e. The van der Waals surface area contributed by atoms with Gasteiger partial charge in [0, 0.05) is 5.41 Å². The number of ketones is 1. The van der Waals surface area contributed by atoms with Crippen LogP contribution in [0.5, 0.6) is 0 Å². The molecule has 0 heterocycles. The monoisotopic (exact) mass is 216 g/mol. The van der Waals surface area contributed by atoms with Crippen LogP contribution in [0.1, 0.15) is 46.5 Å². The third-order valence-corrected chi connectivity index (χ3v) is 2.93. The van der Waals surface area contributed by atoms with E-state index in [0.29, 0.717) is 0 Å². The lowest BCUT2D eigenvalue weighted by Crippen LogP contribution is -2.30. The zero-order chi connectivity index (χ0) is 10.5. The summed E-state index contributed by atoms with van der Waals surface area (Å²) < 4.78 is 0. The first kappa shape index (κ1) is 16.1. The summed E-state index contributed by atoms with van der Waals surface area (Å²) in [7, 11) is 0. The first-order chi connectivity index (χ1) is 6.02. The van der Waals surface area contributed by atoms with Crippen LogP contribution in [0.2, 0.25) is 0 Å². The highest BCUT2D eigenvalue weighted by atomic mass is 27.0. The Hall–Kier alpha value is -0.328. The van der Waals surface area contributed by atoms with Gasteiger partial charge in [-0.2, -0.15) is 0 Å². The molecule has 0 bridgehead atoms. The molecule has 0 aliphatic carbocycles. The molecular weight excluding hydrogens is 195 g/mol. The number of hydrogen-bond acceptors (Lipinski definition) is 2. The number of Topliss-reactive ketones (excluding diaryl/α,β-unsaturated/α-hetero) is 1. The summed E-state index contributed by atoms with van der Waals surface area (Å²) >= 11 is 0. The quantitative estimate of drug-likeness (QED) is 0.533. The fourth-order valence-corrected chi connectivity index (χ4v) is 1.67. The van der Waals surface area contributed by atoms with Crippen molar-refractivity contribution in [3.8, 4) is 0 Å². The van der Waals surface area contributed by atoms with Gasteiger partial charge in [-0.3, -0.25) is 9.59 Å². The van der Waals surface area contributed by atoms with Gasteiger partial charge in [-0.05, 0) is 19.3 Å². The topological polar surface area (TPSA) is 54.4 Å². The molecule has 0 amide bonds. The van der Waals surface area contributed by atoms with Crippen molar-refractivity contribution >= 4 is 29.1 Å². The lowest BCUT2D eigenvalue weighted by Gasteiger charge is -2.27. The molecule has 0 fully saturated rings. The van der Waals surface area contributed by atoms with E-state index in [1.807, 2.05) is 20.8 Å². The largest absolute Gasteiger partial charge is 0.481 e. The first-order valence-electron chi connectivity index (χ1n) is 4.77. The van der Waals surface area contributed by atoms with Gasteiger partial charge in [0.25, 0.3) is 0 Å².